The molecule has 2 aromatic rings. The second-order valence-corrected chi connectivity index (χ2v) is 9.11. The minimum absolute atomic E-state index is 0.320. The minimum atomic E-state index is -1.33. The fourth-order valence-corrected chi connectivity index (χ4v) is 4.55. The first kappa shape index (κ1) is 20.5. The van der Waals surface area contributed by atoms with Crippen LogP contribution in [0.4, 0.5) is 9.18 Å². The highest BCUT2D eigenvalue weighted by Gasteiger charge is 2.49. The normalized spacial score (nSPS) is 19.1. The molecular formula is C19H19BrFN3O3S. The van der Waals surface area contributed by atoms with Gasteiger partial charge >= 0.3 is 6.03 Å². The number of nitrogens with one attached hydrogen (secondary N) is 1. The van der Waals surface area contributed by atoms with Gasteiger partial charge in [0.1, 0.15) is 17.9 Å². The van der Waals surface area contributed by atoms with Crippen molar-refractivity contribution in [2.45, 2.75) is 25.9 Å². The molecule has 1 aliphatic heterocycles. The Bertz CT molecular complexity index is 917. The number of carbonyl (C=O) groups is 3. The van der Waals surface area contributed by atoms with Crippen molar-refractivity contribution in [3.05, 3.63) is 56.4 Å². The lowest BCUT2D eigenvalue weighted by atomic mass is 9.92. The summed E-state index contributed by atoms with van der Waals surface area (Å²) in [5.41, 5.74) is -0.876. The van der Waals surface area contributed by atoms with Crippen molar-refractivity contribution in [1.82, 2.24) is 15.1 Å². The molecular weight excluding hydrogens is 449 g/mol. The van der Waals surface area contributed by atoms with Gasteiger partial charge in [0, 0.05) is 11.4 Å². The second kappa shape index (κ2) is 8.00. The van der Waals surface area contributed by atoms with E-state index in [1.54, 1.807) is 11.8 Å². The minimum Gasteiger partial charge on any atom is -0.336 e. The summed E-state index contributed by atoms with van der Waals surface area (Å²) in [6.45, 7) is 3.90. The molecule has 9 heteroatoms. The first-order valence-electron chi connectivity index (χ1n) is 8.66. The topological polar surface area (TPSA) is 69.7 Å². The first-order valence-corrected chi connectivity index (χ1v) is 10.3. The Morgan fingerprint density at radius 3 is 2.50 bits per heavy atom. The number of rotatable bonds is 6. The van der Waals surface area contributed by atoms with Crippen LogP contribution in [-0.2, 0) is 21.7 Å². The van der Waals surface area contributed by atoms with Gasteiger partial charge in [-0.05, 0) is 59.6 Å². The van der Waals surface area contributed by atoms with Crippen molar-refractivity contribution in [3.8, 4) is 0 Å². The van der Waals surface area contributed by atoms with Crippen LogP contribution in [0.5, 0.6) is 0 Å². The molecule has 2 heterocycles. The van der Waals surface area contributed by atoms with Gasteiger partial charge in [-0.15, -0.1) is 11.3 Å². The number of hydrogen-bond acceptors (Lipinski definition) is 4. The van der Waals surface area contributed by atoms with Crippen LogP contribution in [0.25, 0.3) is 0 Å². The highest BCUT2D eigenvalue weighted by atomic mass is 79.9. The Morgan fingerprint density at radius 1 is 1.25 bits per heavy atom. The average molecular weight is 468 g/mol. The van der Waals surface area contributed by atoms with Crippen molar-refractivity contribution in [2.24, 2.45) is 0 Å². The van der Waals surface area contributed by atoms with E-state index in [1.807, 2.05) is 19.1 Å². The Labute approximate surface area is 174 Å². The number of thiophene rings is 1. The molecule has 1 atom stereocenters. The summed E-state index contributed by atoms with van der Waals surface area (Å²) in [6, 6.07) is 8.54. The molecule has 0 bridgehead atoms. The summed E-state index contributed by atoms with van der Waals surface area (Å²) in [5, 5.41) is 2.62. The maximum atomic E-state index is 13.2. The van der Waals surface area contributed by atoms with E-state index < -0.39 is 23.3 Å². The lowest BCUT2D eigenvalue weighted by Gasteiger charge is -2.24. The number of benzene rings is 1. The average Bonchev–Trinajstić information content (AvgIpc) is 3.16. The molecule has 1 N–H and O–H groups in total. The van der Waals surface area contributed by atoms with Gasteiger partial charge in [-0.1, -0.05) is 12.1 Å². The van der Waals surface area contributed by atoms with Gasteiger partial charge in [0.2, 0.25) is 5.91 Å². The number of halogens is 2. The number of nitrogens with zero attached hydrogens (tertiary/aromatic N) is 2. The van der Waals surface area contributed by atoms with E-state index in [2.05, 4.69) is 21.2 Å². The summed E-state index contributed by atoms with van der Waals surface area (Å²) in [6.07, 6.45) is 0. The third-order valence-electron chi connectivity index (χ3n) is 4.70. The van der Waals surface area contributed by atoms with E-state index in [1.165, 1.54) is 35.6 Å². The van der Waals surface area contributed by atoms with Crippen molar-refractivity contribution in [3.63, 3.8) is 0 Å². The largest absolute Gasteiger partial charge is 0.336 e. The summed E-state index contributed by atoms with van der Waals surface area (Å²) < 4.78 is 14.2. The summed E-state index contributed by atoms with van der Waals surface area (Å²) >= 11 is 4.92. The third kappa shape index (κ3) is 3.95. The Kier molecular flexibility index (Phi) is 5.85. The molecule has 148 valence electrons. The van der Waals surface area contributed by atoms with E-state index in [4.69, 9.17) is 0 Å². The fourth-order valence-electron chi connectivity index (χ4n) is 3.06. The lowest BCUT2D eigenvalue weighted by molar-refractivity contribution is -0.139. The second-order valence-electron chi connectivity index (χ2n) is 6.57. The molecule has 0 radical (unpaired) electrons. The van der Waals surface area contributed by atoms with Crippen molar-refractivity contribution >= 4 is 45.1 Å². The number of likely N-dealkylation sites (N-methyl/N-ethyl adjacent to an activating group) is 1. The van der Waals surface area contributed by atoms with Gasteiger partial charge in [0.15, 0.2) is 0 Å². The van der Waals surface area contributed by atoms with Gasteiger partial charge in [-0.25, -0.2) is 9.18 Å². The van der Waals surface area contributed by atoms with Crippen LogP contribution in [-0.4, -0.2) is 40.7 Å². The van der Waals surface area contributed by atoms with Crippen LogP contribution < -0.4 is 5.32 Å². The maximum Gasteiger partial charge on any atom is 0.325 e. The molecule has 1 unspecified atom stereocenters. The standard InChI is InChI=1S/C19H19BrFN3O3S/c1-3-23(10-14-8-9-15(20)28-14)16(25)11-24-17(26)19(2,22-18(24)27)12-4-6-13(21)7-5-12/h4-9H,3,10-11H2,1-2H3,(H,22,27). The zero-order valence-electron chi connectivity index (χ0n) is 15.4. The Hall–Kier alpha value is -2.26. The summed E-state index contributed by atoms with van der Waals surface area (Å²) in [5.74, 6) is -1.29. The first-order chi connectivity index (χ1) is 13.2. The van der Waals surface area contributed by atoms with Gasteiger partial charge in [-0.2, -0.15) is 0 Å². The van der Waals surface area contributed by atoms with E-state index in [0.717, 1.165) is 13.6 Å². The number of carbonyl (C=O) groups excluding carboxylic acids is 3. The maximum absolute atomic E-state index is 13.2. The molecule has 1 aliphatic rings. The number of imide groups is 1. The van der Waals surface area contributed by atoms with Crippen LogP contribution in [0.2, 0.25) is 0 Å². The number of amides is 4. The quantitative estimate of drug-likeness (QED) is 0.661. The lowest BCUT2D eigenvalue weighted by Crippen LogP contribution is -2.44. The molecule has 1 aromatic carbocycles. The molecule has 4 amide bonds. The molecule has 1 fully saturated rings. The van der Waals surface area contributed by atoms with Crippen LogP contribution in [0.1, 0.15) is 24.3 Å². The van der Waals surface area contributed by atoms with Gasteiger partial charge in [0.25, 0.3) is 5.91 Å². The van der Waals surface area contributed by atoms with Crippen molar-refractivity contribution < 1.29 is 18.8 Å². The van der Waals surface area contributed by atoms with Crippen LogP contribution in [0, 0.1) is 5.82 Å². The number of urea groups is 1. The molecule has 0 saturated carbocycles. The molecule has 0 spiro atoms. The van der Waals surface area contributed by atoms with Crippen molar-refractivity contribution in [1.29, 1.82) is 0 Å². The Balaban J connectivity index is 1.74. The third-order valence-corrected chi connectivity index (χ3v) is 6.31. The van der Waals surface area contributed by atoms with Crippen LogP contribution in [0.3, 0.4) is 0 Å². The molecule has 3 rings (SSSR count). The molecule has 28 heavy (non-hydrogen) atoms. The van der Waals surface area contributed by atoms with E-state index in [9.17, 15) is 18.8 Å². The Morgan fingerprint density at radius 2 is 1.93 bits per heavy atom. The van der Waals surface area contributed by atoms with Gasteiger partial charge < -0.3 is 10.2 Å². The predicted molar refractivity (Wildman–Crippen MR) is 107 cm³/mol. The van der Waals surface area contributed by atoms with Crippen LogP contribution in [0.15, 0.2) is 40.2 Å². The van der Waals surface area contributed by atoms with Gasteiger partial charge in [-0.3, -0.25) is 14.5 Å². The SMILES string of the molecule is CCN(Cc1ccc(Br)s1)C(=O)CN1C(=O)NC(C)(c2ccc(F)cc2)C1=O. The summed E-state index contributed by atoms with van der Waals surface area (Å²) in [7, 11) is 0. The zero-order chi connectivity index (χ0) is 20.5. The molecule has 0 aliphatic carbocycles. The van der Waals surface area contributed by atoms with Crippen molar-refractivity contribution in [2.75, 3.05) is 13.1 Å². The molecule has 1 aromatic heterocycles. The highest BCUT2D eigenvalue weighted by Crippen LogP contribution is 2.29. The smallest absolute Gasteiger partial charge is 0.325 e. The molecule has 1 saturated heterocycles. The van der Waals surface area contributed by atoms with Crippen LogP contribution >= 0.6 is 27.3 Å². The van der Waals surface area contributed by atoms with E-state index in [0.29, 0.717) is 18.7 Å². The van der Waals surface area contributed by atoms with E-state index >= 15 is 0 Å². The predicted octanol–water partition coefficient (Wildman–Crippen LogP) is 3.47. The zero-order valence-corrected chi connectivity index (χ0v) is 17.8. The highest BCUT2D eigenvalue weighted by molar-refractivity contribution is 9.11. The fraction of sp³-hybridized carbons (Fsp3) is 0.316. The van der Waals surface area contributed by atoms with Gasteiger partial charge in [0.05, 0.1) is 10.3 Å². The molecule has 6 nitrogen and oxygen atoms in total. The summed E-state index contributed by atoms with van der Waals surface area (Å²) in [4.78, 5) is 41.5. The number of hydrogen-bond donors (Lipinski definition) is 1. The van der Waals surface area contributed by atoms with E-state index in [-0.39, 0.29) is 12.5 Å². The monoisotopic (exact) mass is 467 g/mol.